The molecule has 0 spiro atoms. The van der Waals surface area contributed by atoms with Crippen molar-refractivity contribution in [3.05, 3.63) is 56.7 Å². The van der Waals surface area contributed by atoms with Crippen LogP contribution in [0.1, 0.15) is 23.0 Å². The maximum atomic E-state index is 14.1. The number of ether oxygens (including phenoxy) is 1. The molecule has 0 unspecified atom stereocenters. The van der Waals surface area contributed by atoms with Crippen LogP contribution in [0.25, 0.3) is 5.69 Å². The number of esters is 1. The average molecular weight is 311 g/mol. The van der Waals surface area contributed by atoms with E-state index in [0.717, 1.165) is 17.9 Å². The summed E-state index contributed by atoms with van der Waals surface area (Å²) >= 11 is 5.81. The first-order valence-electron chi connectivity index (χ1n) is 6.15. The molecule has 21 heavy (non-hydrogen) atoms. The topological polar surface area (TPSA) is 61.2 Å². The lowest BCUT2D eigenvalue weighted by Gasteiger charge is -2.12. The number of aromatic nitrogens is 2. The van der Waals surface area contributed by atoms with Crippen LogP contribution in [0.15, 0.2) is 29.1 Å². The van der Waals surface area contributed by atoms with Gasteiger partial charge in [0.05, 0.1) is 12.1 Å². The third-order valence-electron chi connectivity index (χ3n) is 2.93. The SMILES string of the molecule is CCc1cccc(F)c1-n1nc(C(=O)OC)c(Cl)cc1=O. The Morgan fingerprint density at radius 2 is 2.19 bits per heavy atom. The zero-order valence-corrected chi connectivity index (χ0v) is 12.1. The summed E-state index contributed by atoms with van der Waals surface area (Å²) in [5.74, 6) is -1.41. The molecule has 0 aliphatic rings. The molecule has 2 rings (SSSR count). The minimum absolute atomic E-state index is 0.00631. The first-order chi connectivity index (χ1) is 9.99. The molecule has 0 fully saturated rings. The number of methoxy groups -OCH3 is 1. The van der Waals surface area contributed by atoms with Crippen molar-refractivity contribution < 1.29 is 13.9 Å². The minimum atomic E-state index is -0.803. The van der Waals surface area contributed by atoms with E-state index in [1.165, 1.54) is 6.07 Å². The van der Waals surface area contributed by atoms with Crippen LogP contribution in [0.4, 0.5) is 4.39 Å². The molecule has 7 heteroatoms. The highest BCUT2D eigenvalue weighted by molar-refractivity contribution is 6.33. The van der Waals surface area contributed by atoms with Gasteiger partial charge in [-0.2, -0.15) is 9.78 Å². The molecule has 0 aliphatic heterocycles. The van der Waals surface area contributed by atoms with E-state index in [1.54, 1.807) is 12.1 Å². The van der Waals surface area contributed by atoms with Crippen molar-refractivity contribution in [2.24, 2.45) is 0 Å². The van der Waals surface area contributed by atoms with Gasteiger partial charge in [-0.25, -0.2) is 9.18 Å². The molecule has 0 saturated heterocycles. The monoisotopic (exact) mass is 310 g/mol. The number of para-hydroxylation sites is 1. The molecule has 0 atom stereocenters. The standard InChI is InChI=1S/C14H12ClFN2O3/c1-3-8-5-4-6-10(16)13(8)18-11(19)7-9(15)12(17-18)14(20)21-2/h4-7H,3H2,1-2H3. The Morgan fingerprint density at radius 3 is 2.81 bits per heavy atom. The van der Waals surface area contributed by atoms with Gasteiger partial charge in [-0.15, -0.1) is 0 Å². The van der Waals surface area contributed by atoms with E-state index in [2.05, 4.69) is 9.84 Å². The van der Waals surface area contributed by atoms with E-state index in [-0.39, 0.29) is 16.4 Å². The number of halogens is 2. The van der Waals surface area contributed by atoms with Gasteiger partial charge in [0.2, 0.25) is 0 Å². The number of aryl methyl sites for hydroxylation is 1. The number of benzene rings is 1. The number of hydrogen-bond acceptors (Lipinski definition) is 4. The van der Waals surface area contributed by atoms with Gasteiger partial charge in [0.25, 0.3) is 5.56 Å². The third kappa shape index (κ3) is 2.80. The summed E-state index contributed by atoms with van der Waals surface area (Å²) in [6.45, 7) is 1.82. The van der Waals surface area contributed by atoms with E-state index >= 15 is 0 Å². The van der Waals surface area contributed by atoms with Crippen molar-refractivity contribution in [2.45, 2.75) is 13.3 Å². The van der Waals surface area contributed by atoms with Crippen LogP contribution < -0.4 is 5.56 Å². The van der Waals surface area contributed by atoms with Crippen molar-refractivity contribution in [3.8, 4) is 5.69 Å². The lowest BCUT2D eigenvalue weighted by molar-refractivity contribution is 0.0592. The highest BCUT2D eigenvalue weighted by Crippen LogP contribution is 2.19. The maximum Gasteiger partial charge on any atom is 0.360 e. The summed E-state index contributed by atoms with van der Waals surface area (Å²) in [6, 6.07) is 5.44. The molecule has 2 aromatic rings. The number of nitrogens with zero attached hydrogens (tertiary/aromatic N) is 2. The molecule has 1 heterocycles. The maximum absolute atomic E-state index is 14.1. The molecule has 0 aliphatic carbocycles. The summed E-state index contributed by atoms with van der Waals surface area (Å²) in [6.07, 6.45) is 0.497. The number of carbonyl (C=O) groups excluding carboxylic acids is 1. The Hall–Kier alpha value is -2.21. The lowest BCUT2D eigenvalue weighted by Crippen LogP contribution is -2.25. The zero-order chi connectivity index (χ0) is 15.6. The normalized spacial score (nSPS) is 10.5. The summed E-state index contributed by atoms with van der Waals surface area (Å²) < 4.78 is 19.4. The van der Waals surface area contributed by atoms with Crippen LogP contribution >= 0.6 is 11.6 Å². The minimum Gasteiger partial charge on any atom is -0.464 e. The van der Waals surface area contributed by atoms with Crippen molar-refractivity contribution in [1.82, 2.24) is 9.78 Å². The molecular formula is C14H12ClFN2O3. The van der Waals surface area contributed by atoms with Gasteiger partial charge in [-0.3, -0.25) is 4.79 Å². The molecule has 110 valence electrons. The second-order valence-electron chi connectivity index (χ2n) is 4.18. The first kappa shape index (κ1) is 15.2. The van der Waals surface area contributed by atoms with Crippen molar-refractivity contribution >= 4 is 17.6 Å². The molecule has 0 amide bonds. The zero-order valence-electron chi connectivity index (χ0n) is 11.4. The number of hydrogen-bond donors (Lipinski definition) is 0. The van der Waals surface area contributed by atoms with Gasteiger partial charge in [0, 0.05) is 6.07 Å². The van der Waals surface area contributed by atoms with E-state index in [9.17, 15) is 14.0 Å². The predicted octanol–water partition coefficient (Wildman–Crippen LogP) is 2.37. The molecule has 0 N–H and O–H groups in total. The highest BCUT2D eigenvalue weighted by Gasteiger charge is 2.19. The van der Waals surface area contributed by atoms with Gasteiger partial charge in [-0.1, -0.05) is 30.7 Å². The van der Waals surface area contributed by atoms with Crippen molar-refractivity contribution in [3.63, 3.8) is 0 Å². The second kappa shape index (κ2) is 6.05. The number of rotatable bonds is 3. The van der Waals surface area contributed by atoms with Crippen molar-refractivity contribution in [1.29, 1.82) is 0 Å². The van der Waals surface area contributed by atoms with Gasteiger partial charge in [0.15, 0.2) is 5.69 Å². The molecule has 1 aromatic heterocycles. The Balaban J connectivity index is 2.76. The second-order valence-corrected chi connectivity index (χ2v) is 4.59. The van der Waals surface area contributed by atoms with E-state index in [1.807, 2.05) is 6.92 Å². The Morgan fingerprint density at radius 1 is 1.48 bits per heavy atom. The van der Waals surface area contributed by atoms with Gasteiger partial charge in [0.1, 0.15) is 11.5 Å². The average Bonchev–Trinajstić information content (AvgIpc) is 2.47. The molecule has 1 aromatic carbocycles. The fourth-order valence-corrected chi connectivity index (χ4v) is 2.12. The molecular weight excluding hydrogens is 299 g/mol. The fraction of sp³-hybridized carbons (Fsp3) is 0.214. The lowest BCUT2D eigenvalue weighted by atomic mass is 10.1. The van der Waals surface area contributed by atoms with Crippen LogP contribution in [-0.4, -0.2) is 22.9 Å². The fourth-order valence-electron chi connectivity index (χ4n) is 1.91. The molecule has 0 bridgehead atoms. The summed E-state index contributed by atoms with van der Waals surface area (Å²) in [4.78, 5) is 23.6. The van der Waals surface area contributed by atoms with Crippen LogP contribution in [0.5, 0.6) is 0 Å². The number of carbonyl (C=O) groups is 1. The van der Waals surface area contributed by atoms with Crippen LogP contribution in [0.3, 0.4) is 0 Å². The molecule has 0 saturated carbocycles. The van der Waals surface area contributed by atoms with E-state index < -0.39 is 17.3 Å². The highest BCUT2D eigenvalue weighted by atomic mass is 35.5. The summed E-state index contributed by atoms with van der Waals surface area (Å²) in [7, 11) is 1.16. The van der Waals surface area contributed by atoms with Crippen molar-refractivity contribution in [2.75, 3.05) is 7.11 Å². The van der Waals surface area contributed by atoms with Crippen LogP contribution in [0.2, 0.25) is 5.02 Å². The third-order valence-corrected chi connectivity index (χ3v) is 3.22. The van der Waals surface area contributed by atoms with E-state index in [0.29, 0.717) is 12.0 Å². The van der Waals surface area contributed by atoms with Crippen LogP contribution in [0, 0.1) is 5.82 Å². The summed E-state index contributed by atoms with van der Waals surface area (Å²) in [5.41, 5.74) is -0.286. The van der Waals surface area contributed by atoms with Crippen LogP contribution in [-0.2, 0) is 11.2 Å². The quantitative estimate of drug-likeness (QED) is 0.817. The van der Waals surface area contributed by atoms with Gasteiger partial charge < -0.3 is 4.74 Å². The molecule has 5 nitrogen and oxygen atoms in total. The van der Waals surface area contributed by atoms with E-state index in [4.69, 9.17) is 11.6 Å². The van der Waals surface area contributed by atoms with Gasteiger partial charge >= 0.3 is 5.97 Å². The van der Waals surface area contributed by atoms with Gasteiger partial charge in [-0.05, 0) is 18.1 Å². The Bertz CT molecular complexity index is 758. The smallest absolute Gasteiger partial charge is 0.360 e. The predicted molar refractivity (Wildman–Crippen MR) is 75.5 cm³/mol. The summed E-state index contributed by atoms with van der Waals surface area (Å²) in [5, 5.41) is 3.70. The Labute approximate surface area is 124 Å². The molecule has 0 radical (unpaired) electrons. The first-order valence-corrected chi connectivity index (χ1v) is 6.53. The Kier molecular flexibility index (Phi) is 4.37. The largest absolute Gasteiger partial charge is 0.464 e.